The number of aromatic nitrogens is 4. The number of ether oxygens (including phenoxy) is 1. The molecule has 1 aliphatic heterocycles. The summed E-state index contributed by atoms with van der Waals surface area (Å²) >= 11 is 3.11. The zero-order chi connectivity index (χ0) is 16.8. The maximum atomic E-state index is 5.68. The van der Waals surface area contributed by atoms with Crippen LogP contribution in [0.2, 0.25) is 0 Å². The Bertz CT molecular complexity index is 641. The van der Waals surface area contributed by atoms with Crippen molar-refractivity contribution in [2.45, 2.75) is 30.0 Å². The van der Waals surface area contributed by atoms with Gasteiger partial charge < -0.3 is 9.15 Å². The van der Waals surface area contributed by atoms with Gasteiger partial charge in [-0.25, -0.2) is 9.97 Å². The van der Waals surface area contributed by atoms with Gasteiger partial charge in [0.25, 0.3) is 5.22 Å². The van der Waals surface area contributed by atoms with E-state index in [1.165, 1.54) is 11.8 Å². The molecule has 0 radical (unpaired) electrons. The van der Waals surface area contributed by atoms with E-state index in [9.17, 15) is 0 Å². The molecule has 0 bridgehead atoms. The molecule has 2 aromatic rings. The number of morpholine rings is 1. The van der Waals surface area contributed by atoms with Gasteiger partial charge in [-0.3, -0.25) is 4.90 Å². The minimum absolute atomic E-state index is 0.583. The Morgan fingerprint density at radius 1 is 1.08 bits per heavy atom. The Kier molecular flexibility index (Phi) is 6.47. The Hall–Kier alpha value is -1.16. The molecular formula is C15H21N5O2S2. The molecule has 9 heteroatoms. The van der Waals surface area contributed by atoms with E-state index in [1.54, 1.807) is 11.8 Å². The predicted octanol–water partition coefficient (Wildman–Crippen LogP) is 2.19. The van der Waals surface area contributed by atoms with Crippen molar-refractivity contribution in [3.05, 3.63) is 23.3 Å². The second kappa shape index (κ2) is 8.80. The van der Waals surface area contributed by atoms with Gasteiger partial charge in [-0.2, -0.15) is 0 Å². The molecule has 0 spiro atoms. The van der Waals surface area contributed by atoms with Crippen molar-refractivity contribution in [3.8, 4) is 0 Å². The monoisotopic (exact) mass is 367 g/mol. The van der Waals surface area contributed by atoms with Gasteiger partial charge in [-0.1, -0.05) is 23.5 Å². The second-order valence-corrected chi connectivity index (χ2v) is 7.47. The van der Waals surface area contributed by atoms with Crippen LogP contribution in [-0.2, 0) is 10.5 Å². The highest BCUT2D eigenvalue weighted by atomic mass is 32.2. The first-order valence-electron chi connectivity index (χ1n) is 7.89. The van der Waals surface area contributed by atoms with Crippen LogP contribution in [0, 0.1) is 13.8 Å². The highest BCUT2D eigenvalue weighted by Crippen LogP contribution is 2.22. The van der Waals surface area contributed by atoms with Gasteiger partial charge in [-0.05, 0) is 19.9 Å². The second-order valence-electron chi connectivity index (χ2n) is 5.49. The van der Waals surface area contributed by atoms with Crippen LogP contribution in [0.1, 0.15) is 17.3 Å². The number of thioether (sulfide) groups is 2. The average Bonchev–Trinajstić information content (AvgIpc) is 3.01. The molecule has 24 heavy (non-hydrogen) atoms. The van der Waals surface area contributed by atoms with E-state index in [4.69, 9.17) is 9.15 Å². The first-order chi connectivity index (χ1) is 11.7. The minimum atomic E-state index is 0.583. The van der Waals surface area contributed by atoms with Crippen LogP contribution in [-0.4, -0.2) is 63.7 Å². The normalized spacial score (nSPS) is 15.8. The fourth-order valence-corrected chi connectivity index (χ4v) is 3.89. The van der Waals surface area contributed by atoms with Gasteiger partial charge in [0.2, 0.25) is 5.89 Å². The summed E-state index contributed by atoms with van der Waals surface area (Å²) in [5.74, 6) is 2.13. The summed E-state index contributed by atoms with van der Waals surface area (Å²) < 4.78 is 11.0. The van der Waals surface area contributed by atoms with Crippen LogP contribution in [0.5, 0.6) is 0 Å². The Morgan fingerprint density at radius 3 is 2.58 bits per heavy atom. The van der Waals surface area contributed by atoms with Crippen LogP contribution in [0.3, 0.4) is 0 Å². The molecule has 1 saturated heterocycles. The highest BCUT2D eigenvalue weighted by molar-refractivity contribution is 7.99. The molecule has 3 rings (SSSR count). The van der Waals surface area contributed by atoms with E-state index in [2.05, 4.69) is 25.1 Å². The van der Waals surface area contributed by atoms with Crippen LogP contribution in [0.4, 0.5) is 0 Å². The molecule has 130 valence electrons. The van der Waals surface area contributed by atoms with Crippen molar-refractivity contribution in [3.63, 3.8) is 0 Å². The van der Waals surface area contributed by atoms with E-state index in [1.807, 2.05) is 19.9 Å². The third kappa shape index (κ3) is 5.44. The molecule has 0 N–H and O–H groups in total. The third-order valence-electron chi connectivity index (χ3n) is 3.47. The Morgan fingerprint density at radius 2 is 1.83 bits per heavy atom. The van der Waals surface area contributed by atoms with Crippen LogP contribution >= 0.6 is 23.5 Å². The third-order valence-corrected chi connectivity index (χ3v) is 5.10. The SMILES string of the molecule is Cc1cc(C)nc(SCc2nnc(SCCN3CCOCC3)o2)n1. The van der Waals surface area contributed by atoms with Crippen LogP contribution in [0.15, 0.2) is 20.9 Å². The molecule has 3 heterocycles. The smallest absolute Gasteiger partial charge is 0.276 e. The summed E-state index contributed by atoms with van der Waals surface area (Å²) in [4.78, 5) is 11.2. The molecule has 7 nitrogen and oxygen atoms in total. The van der Waals surface area contributed by atoms with Crippen molar-refractivity contribution < 1.29 is 9.15 Å². The molecule has 1 aliphatic rings. The van der Waals surface area contributed by atoms with E-state index in [0.717, 1.165) is 55.1 Å². The van der Waals surface area contributed by atoms with Crippen molar-refractivity contribution in [1.82, 2.24) is 25.1 Å². The van der Waals surface area contributed by atoms with Gasteiger partial charge in [0.1, 0.15) is 0 Å². The lowest BCUT2D eigenvalue weighted by Gasteiger charge is -2.25. The van der Waals surface area contributed by atoms with Gasteiger partial charge in [0, 0.05) is 36.8 Å². The van der Waals surface area contributed by atoms with Gasteiger partial charge in [-0.15, -0.1) is 10.2 Å². The molecular weight excluding hydrogens is 346 g/mol. The maximum Gasteiger partial charge on any atom is 0.276 e. The highest BCUT2D eigenvalue weighted by Gasteiger charge is 2.12. The molecule has 0 amide bonds. The quantitative estimate of drug-likeness (QED) is 0.540. The molecule has 0 unspecified atom stereocenters. The topological polar surface area (TPSA) is 77.2 Å². The number of hydrogen-bond donors (Lipinski definition) is 0. The number of nitrogens with zero attached hydrogens (tertiary/aromatic N) is 5. The van der Waals surface area contributed by atoms with Crippen LogP contribution in [0.25, 0.3) is 0 Å². The lowest BCUT2D eigenvalue weighted by Crippen LogP contribution is -2.37. The van der Waals surface area contributed by atoms with Gasteiger partial charge >= 0.3 is 0 Å². The largest absolute Gasteiger partial charge is 0.415 e. The van der Waals surface area contributed by atoms with Crippen molar-refractivity contribution in [2.75, 3.05) is 38.6 Å². The lowest BCUT2D eigenvalue weighted by atomic mass is 10.4. The Labute approximate surface area is 150 Å². The minimum Gasteiger partial charge on any atom is -0.415 e. The van der Waals surface area contributed by atoms with Crippen molar-refractivity contribution in [2.24, 2.45) is 0 Å². The van der Waals surface area contributed by atoms with Crippen molar-refractivity contribution >= 4 is 23.5 Å². The first kappa shape index (κ1) is 17.7. The number of aryl methyl sites for hydroxylation is 2. The van der Waals surface area contributed by atoms with Crippen molar-refractivity contribution in [1.29, 1.82) is 0 Å². The summed E-state index contributed by atoms with van der Waals surface area (Å²) in [5.41, 5.74) is 1.93. The predicted molar refractivity (Wildman–Crippen MR) is 93.3 cm³/mol. The van der Waals surface area contributed by atoms with E-state index in [0.29, 0.717) is 16.9 Å². The number of hydrogen-bond acceptors (Lipinski definition) is 9. The summed E-state index contributed by atoms with van der Waals surface area (Å²) in [7, 11) is 0. The van der Waals surface area contributed by atoms with E-state index in [-0.39, 0.29) is 0 Å². The maximum absolute atomic E-state index is 5.68. The molecule has 0 aliphatic carbocycles. The van der Waals surface area contributed by atoms with E-state index < -0.39 is 0 Å². The molecule has 2 aromatic heterocycles. The zero-order valence-electron chi connectivity index (χ0n) is 13.9. The fourth-order valence-electron chi connectivity index (χ4n) is 2.33. The lowest BCUT2D eigenvalue weighted by molar-refractivity contribution is 0.0410. The summed E-state index contributed by atoms with van der Waals surface area (Å²) in [6, 6.07) is 1.96. The molecule has 1 fully saturated rings. The standard InChI is InChI=1S/C15H21N5O2S2/c1-11-9-12(2)17-14(16-11)24-10-13-18-19-15(22-13)23-8-5-20-3-6-21-7-4-20/h9H,3-8,10H2,1-2H3. The van der Waals surface area contributed by atoms with Crippen LogP contribution < -0.4 is 0 Å². The average molecular weight is 368 g/mol. The van der Waals surface area contributed by atoms with Gasteiger partial charge in [0.05, 0.1) is 19.0 Å². The fraction of sp³-hybridized carbons (Fsp3) is 0.600. The van der Waals surface area contributed by atoms with E-state index >= 15 is 0 Å². The summed E-state index contributed by atoms with van der Waals surface area (Å²) in [5, 5.41) is 9.56. The summed E-state index contributed by atoms with van der Waals surface area (Å²) in [6.07, 6.45) is 0. The summed E-state index contributed by atoms with van der Waals surface area (Å²) in [6.45, 7) is 8.60. The molecule has 0 saturated carbocycles. The molecule has 0 atom stereocenters. The number of rotatable bonds is 7. The molecule has 0 aromatic carbocycles. The Balaban J connectivity index is 1.43. The van der Waals surface area contributed by atoms with Gasteiger partial charge in [0.15, 0.2) is 5.16 Å². The first-order valence-corrected chi connectivity index (χ1v) is 9.86. The zero-order valence-corrected chi connectivity index (χ0v) is 15.5.